The van der Waals surface area contributed by atoms with E-state index < -0.39 is 12.1 Å². The van der Waals surface area contributed by atoms with E-state index in [1.54, 1.807) is 11.3 Å². The Morgan fingerprint density at radius 3 is 2.59 bits per heavy atom. The quantitative estimate of drug-likeness (QED) is 0.756. The predicted molar refractivity (Wildman–Crippen MR) is 99.2 cm³/mol. The van der Waals surface area contributed by atoms with Crippen LogP contribution in [0.4, 0.5) is 13.2 Å². The molecule has 1 N–H and O–H groups in total. The Morgan fingerprint density at radius 2 is 1.97 bits per heavy atom. The first kappa shape index (κ1) is 21.7. The van der Waals surface area contributed by atoms with Crippen molar-refractivity contribution in [2.45, 2.75) is 38.7 Å². The van der Waals surface area contributed by atoms with Gasteiger partial charge in [0.05, 0.1) is 18.8 Å². The minimum absolute atomic E-state index is 0.500. The highest BCUT2D eigenvalue weighted by molar-refractivity contribution is 7.09. The zero-order valence-electron chi connectivity index (χ0n) is 15.7. The van der Waals surface area contributed by atoms with Crippen LogP contribution in [0.2, 0.25) is 0 Å². The molecular weight excluding hydrogens is 409 g/mol. The van der Waals surface area contributed by atoms with E-state index >= 15 is 0 Å². The third-order valence-electron chi connectivity index (χ3n) is 4.63. The largest absolute Gasteiger partial charge is 0.490 e. The van der Waals surface area contributed by atoms with Crippen LogP contribution >= 0.6 is 11.3 Å². The molecule has 0 bridgehead atoms. The zero-order valence-corrected chi connectivity index (χ0v) is 16.5. The number of alkyl halides is 3. The van der Waals surface area contributed by atoms with Gasteiger partial charge in [-0.1, -0.05) is 0 Å². The highest BCUT2D eigenvalue weighted by atomic mass is 32.1. The Bertz CT molecular complexity index is 778. The van der Waals surface area contributed by atoms with Gasteiger partial charge < -0.3 is 9.84 Å². The van der Waals surface area contributed by atoms with Crippen molar-refractivity contribution in [3.05, 3.63) is 34.5 Å². The molecule has 0 spiro atoms. The Morgan fingerprint density at radius 1 is 1.24 bits per heavy atom. The van der Waals surface area contributed by atoms with Crippen LogP contribution < -0.4 is 0 Å². The van der Waals surface area contributed by atoms with E-state index in [2.05, 4.69) is 25.7 Å². The predicted octanol–water partition coefficient (Wildman–Crippen LogP) is 3.03. The molecule has 11 heteroatoms. The minimum atomic E-state index is -5.08. The lowest BCUT2D eigenvalue weighted by atomic mass is 10.1. The van der Waals surface area contributed by atoms with Gasteiger partial charge in [0.2, 0.25) is 0 Å². The smallest absolute Gasteiger partial charge is 0.475 e. The van der Waals surface area contributed by atoms with E-state index in [-0.39, 0.29) is 0 Å². The molecule has 1 atom stereocenters. The summed E-state index contributed by atoms with van der Waals surface area (Å²) in [6, 6.07) is 2.13. The summed E-state index contributed by atoms with van der Waals surface area (Å²) in [4.78, 5) is 15.8. The molecule has 2 aromatic rings. The molecule has 3 heterocycles. The number of halogens is 3. The number of hydrogen-bond donors (Lipinski definition) is 1. The fourth-order valence-electron chi connectivity index (χ4n) is 3.05. The second kappa shape index (κ2) is 9.68. The summed E-state index contributed by atoms with van der Waals surface area (Å²) in [5.74, 6) is -1.43. The molecular formula is C18H23F3N4O3S. The fraction of sp³-hybridized carbons (Fsp3) is 0.611. The molecule has 2 aromatic heterocycles. The molecule has 1 unspecified atom stereocenters. The van der Waals surface area contributed by atoms with Gasteiger partial charge in [-0.2, -0.15) is 18.3 Å². The molecule has 1 aliphatic heterocycles. The van der Waals surface area contributed by atoms with Gasteiger partial charge in [-0.3, -0.25) is 9.58 Å². The van der Waals surface area contributed by atoms with E-state index in [9.17, 15) is 13.2 Å². The van der Waals surface area contributed by atoms with Gasteiger partial charge in [-0.25, -0.2) is 9.78 Å². The number of rotatable bonds is 6. The SMILES string of the molecule is O=C(O)C(F)(F)F.c1csc(CN2Cc3ccnn3CC(COCC3CC3)C2)n1. The van der Waals surface area contributed by atoms with Crippen molar-refractivity contribution in [3.8, 4) is 0 Å². The van der Waals surface area contributed by atoms with Crippen LogP contribution in [0, 0.1) is 11.8 Å². The Balaban J connectivity index is 0.000000298. The van der Waals surface area contributed by atoms with Crippen molar-refractivity contribution < 1.29 is 27.8 Å². The molecule has 1 saturated carbocycles. The van der Waals surface area contributed by atoms with Gasteiger partial charge in [-0.15, -0.1) is 11.3 Å². The third kappa shape index (κ3) is 7.09. The number of carboxylic acid groups (broad SMARTS) is 1. The van der Waals surface area contributed by atoms with Crippen molar-refractivity contribution in [2.24, 2.45) is 11.8 Å². The van der Waals surface area contributed by atoms with Crippen LogP contribution in [0.5, 0.6) is 0 Å². The summed E-state index contributed by atoms with van der Waals surface area (Å²) in [7, 11) is 0. The van der Waals surface area contributed by atoms with Crippen molar-refractivity contribution in [3.63, 3.8) is 0 Å². The maximum absolute atomic E-state index is 10.6. The van der Waals surface area contributed by atoms with E-state index in [0.717, 1.165) is 45.3 Å². The molecule has 1 aliphatic carbocycles. The van der Waals surface area contributed by atoms with Gasteiger partial charge in [0.1, 0.15) is 5.01 Å². The molecule has 0 saturated heterocycles. The van der Waals surface area contributed by atoms with Crippen molar-refractivity contribution in [2.75, 3.05) is 19.8 Å². The van der Waals surface area contributed by atoms with Crippen LogP contribution in [0.25, 0.3) is 0 Å². The van der Waals surface area contributed by atoms with Crippen molar-refractivity contribution in [1.29, 1.82) is 0 Å². The van der Waals surface area contributed by atoms with E-state index in [1.807, 2.05) is 17.8 Å². The second-order valence-corrected chi connectivity index (χ2v) is 8.23. The first-order valence-electron chi connectivity index (χ1n) is 9.30. The average molecular weight is 432 g/mol. The van der Waals surface area contributed by atoms with Gasteiger partial charge in [-0.05, 0) is 24.8 Å². The van der Waals surface area contributed by atoms with E-state index in [0.29, 0.717) is 5.92 Å². The number of thiazole rings is 1. The standard InChI is InChI=1S/C16H22N4OS.C2HF3O2/c1-2-13(1)11-21-12-14-7-19(10-16-17-5-6-22-16)9-15-3-4-18-20(15)8-14;3-2(4,5)1(6)7/h3-6,13-14H,1-2,7-12H2;(H,6,7). The molecule has 2 aliphatic rings. The fourth-order valence-corrected chi connectivity index (χ4v) is 3.71. The maximum atomic E-state index is 10.6. The number of aromatic nitrogens is 3. The molecule has 29 heavy (non-hydrogen) atoms. The van der Waals surface area contributed by atoms with Crippen LogP contribution in [0.3, 0.4) is 0 Å². The summed E-state index contributed by atoms with van der Waals surface area (Å²) in [6.45, 7) is 5.65. The molecule has 4 rings (SSSR count). The summed E-state index contributed by atoms with van der Waals surface area (Å²) < 4.78 is 39.8. The Labute approximate surface area is 170 Å². The summed E-state index contributed by atoms with van der Waals surface area (Å²) in [5, 5.41) is 14.8. The normalized spacial score (nSPS) is 19.8. The van der Waals surface area contributed by atoms with Gasteiger partial charge in [0.15, 0.2) is 0 Å². The van der Waals surface area contributed by atoms with Crippen molar-refractivity contribution >= 4 is 17.3 Å². The number of nitrogens with zero attached hydrogens (tertiary/aromatic N) is 4. The van der Waals surface area contributed by atoms with Crippen LogP contribution in [-0.4, -0.2) is 56.7 Å². The number of carbonyl (C=O) groups is 1. The lowest BCUT2D eigenvalue weighted by Crippen LogP contribution is -2.30. The molecule has 0 aromatic carbocycles. The number of ether oxygens (including phenoxy) is 1. The Kier molecular flexibility index (Phi) is 7.25. The lowest BCUT2D eigenvalue weighted by molar-refractivity contribution is -0.192. The first-order valence-corrected chi connectivity index (χ1v) is 10.2. The van der Waals surface area contributed by atoms with E-state index in [1.165, 1.54) is 23.5 Å². The Hall–Kier alpha value is -1.98. The van der Waals surface area contributed by atoms with Crippen LogP contribution in [0.1, 0.15) is 23.5 Å². The number of hydrogen-bond acceptors (Lipinski definition) is 6. The minimum Gasteiger partial charge on any atom is -0.475 e. The highest BCUT2D eigenvalue weighted by Gasteiger charge is 2.38. The van der Waals surface area contributed by atoms with Crippen LogP contribution in [0.15, 0.2) is 23.8 Å². The summed E-state index contributed by atoms with van der Waals surface area (Å²) in [5.41, 5.74) is 1.29. The molecule has 1 fully saturated rings. The third-order valence-corrected chi connectivity index (χ3v) is 5.39. The number of carboxylic acids is 1. The monoisotopic (exact) mass is 432 g/mol. The van der Waals surface area contributed by atoms with Crippen LogP contribution in [-0.2, 0) is 29.2 Å². The number of aliphatic carboxylic acids is 1. The van der Waals surface area contributed by atoms with Gasteiger partial charge in [0, 0.05) is 49.9 Å². The highest BCUT2D eigenvalue weighted by Crippen LogP contribution is 2.29. The van der Waals surface area contributed by atoms with Crippen molar-refractivity contribution in [1.82, 2.24) is 19.7 Å². The maximum Gasteiger partial charge on any atom is 0.490 e. The molecule has 160 valence electrons. The first-order chi connectivity index (χ1) is 13.8. The van der Waals surface area contributed by atoms with E-state index in [4.69, 9.17) is 14.6 Å². The summed E-state index contributed by atoms with van der Waals surface area (Å²) in [6.07, 6.45) is 1.41. The van der Waals surface area contributed by atoms with Gasteiger partial charge in [0.25, 0.3) is 0 Å². The zero-order chi connectivity index (χ0) is 20.9. The second-order valence-electron chi connectivity index (χ2n) is 7.25. The average Bonchev–Trinajstić information content (AvgIpc) is 3.19. The molecule has 0 amide bonds. The summed E-state index contributed by atoms with van der Waals surface area (Å²) >= 11 is 1.73. The van der Waals surface area contributed by atoms with Gasteiger partial charge >= 0.3 is 12.1 Å². The topological polar surface area (TPSA) is 80.5 Å². The molecule has 0 radical (unpaired) electrons. The molecule has 7 nitrogen and oxygen atoms in total. The lowest BCUT2D eigenvalue weighted by Gasteiger charge is -2.22. The number of fused-ring (bicyclic) bond motifs is 1.